The normalized spacial score (nSPS) is 22.0. The van der Waals surface area contributed by atoms with Crippen LogP contribution in [0.25, 0.3) is 0 Å². The number of hydrogen-bond acceptors (Lipinski definition) is 6. The van der Waals surface area contributed by atoms with Gasteiger partial charge in [-0.05, 0) is 30.7 Å². The summed E-state index contributed by atoms with van der Waals surface area (Å²) in [6.45, 7) is 2.06. The van der Waals surface area contributed by atoms with Crippen molar-refractivity contribution in [2.75, 3.05) is 18.8 Å². The predicted molar refractivity (Wildman–Crippen MR) is 88.2 cm³/mol. The third-order valence-corrected chi connectivity index (χ3v) is 4.09. The third-order valence-electron chi connectivity index (χ3n) is 3.84. The molecule has 3 rings (SSSR count). The number of nitrogens with zero attached hydrogens (tertiary/aromatic N) is 3. The minimum Gasteiger partial charge on any atom is -0.488 e. The molecule has 1 aliphatic rings. The standard InChI is InChI=1S/C16H19ClN4O2/c17-12-1-3-13(4-2-12)23-15-5-6-21(10-14(15)22)9-11-7-19-16(18)20-8-11/h1-4,7-8,14-15,22H,5-6,9-10H2,(H2,18,19,20)/t14-,15-/m1/s1. The summed E-state index contributed by atoms with van der Waals surface area (Å²) in [4.78, 5) is 10.1. The molecule has 1 aliphatic heterocycles. The van der Waals surface area contributed by atoms with Crippen molar-refractivity contribution < 1.29 is 9.84 Å². The zero-order valence-electron chi connectivity index (χ0n) is 12.6. The van der Waals surface area contributed by atoms with Gasteiger partial charge in [-0.15, -0.1) is 0 Å². The van der Waals surface area contributed by atoms with Crippen LogP contribution in [0.5, 0.6) is 5.75 Å². The number of piperidine rings is 1. The van der Waals surface area contributed by atoms with Gasteiger partial charge < -0.3 is 15.6 Å². The number of anilines is 1. The van der Waals surface area contributed by atoms with Crippen LogP contribution < -0.4 is 10.5 Å². The van der Waals surface area contributed by atoms with E-state index in [-0.39, 0.29) is 12.1 Å². The minimum atomic E-state index is -0.547. The van der Waals surface area contributed by atoms with E-state index in [0.29, 0.717) is 18.1 Å². The number of aliphatic hydroxyl groups excluding tert-OH is 1. The smallest absolute Gasteiger partial charge is 0.219 e. The molecule has 1 aromatic carbocycles. The summed E-state index contributed by atoms with van der Waals surface area (Å²) in [5.41, 5.74) is 6.46. The monoisotopic (exact) mass is 334 g/mol. The molecule has 1 aromatic heterocycles. The number of hydrogen-bond donors (Lipinski definition) is 2. The van der Waals surface area contributed by atoms with Crippen molar-refractivity contribution in [2.45, 2.75) is 25.2 Å². The van der Waals surface area contributed by atoms with Gasteiger partial charge in [0.1, 0.15) is 18.0 Å². The van der Waals surface area contributed by atoms with E-state index in [4.69, 9.17) is 22.1 Å². The predicted octanol–water partition coefficient (Wildman–Crippen LogP) is 1.73. The van der Waals surface area contributed by atoms with Crippen LogP contribution >= 0.6 is 11.6 Å². The maximum absolute atomic E-state index is 10.3. The van der Waals surface area contributed by atoms with Crippen LogP contribution in [-0.2, 0) is 6.54 Å². The Morgan fingerprint density at radius 2 is 1.96 bits per heavy atom. The fourth-order valence-electron chi connectivity index (χ4n) is 2.65. The Morgan fingerprint density at radius 1 is 1.26 bits per heavy atom. The second kappa shape index (κ2) is 7.12. The van der Waals surface area contributed by atoms with Crippen LogP contribution in [0.2, 0.25) is 5.02 Å². The van der Waals surface area contributed by atoms with Gasteiger partial charge in [-0.2, -0.15) is 0 Å². The first-order valence-electron chi connectivity index (χ1n) is 7.49. The highest BCUT2D eigenvalue weighted by molar-refractivity contribution is 6.30. The second-order valence-electron chi connectivity index (χ2n) is 5.65. The number of nitrogen functional groups attached to an aromatic ring is 1. The fourth-order valence-corrected chi connectivity index (χ4v) is 2.78. The maximum atomic E-state index is 10.3. The molecule has 1 fully saturated rings. The Labute approximate surface area is 139 Å². The number of benzene rings is 1. The van der Waals surface area contributed by atoms with E-state index < -0.39 is 6.10 Å². The molecule has 0 amide bonds. The maximum Gasteiger partial charge on any atom is 0.219 e. The van der Waals surface area contributed by atoms with Gasteiger partial charge in [0.2, 0.25) is 5.95 Å². The van der Waals surface area contributed by atoms with Gasteiger partial charge in [-0.25, -0.2) is 9.97 Å². The van der Waals surface area contributed by atoms with Crippen molar-refractivity contribution in [3.63, 3.8) is 0 Å². The highest BCUT2D eigenvalue weighted by atomic mass is 35.5. The van der Waals surface area contributed by atoms with Gasteiger partial charge in [-0.1, -0.05) is 11.6 Å². The molecule has 0 aliphatic carbocycles. The summed E-state index contributed by atoms with van der Waals surface area (Å²) < 4.78 is 5.86. The van der Waals surface area contributed by atoms with Gasteiger partial charge in [0.05, 0.1) is 0 Å². The van der Waals surface area contributed by atoms with Crippen LogP contribution in [0, 0.1) is 0 Å². The Morgan fingerprint density at radius 3 is 2.61 bits per heavy atom. The number of aromatic nitrogens is 2. The summed E-state index contributed by atoms with van der Waals surface area (Å²) in [6, 6.07) is 7.18. The second-order valence-corrected chi connectivity index (χ2v) is 6.09. The molecular formula is C16H19ClN4O2. The molecular weight excluding hydrogens is 316 g/mol. The van der Waals surface area contributed by atoms with Crippen molar-refractivity contribution in [3.05, 3.63) is 47.2 Å². The molecule has 0 saturated carbocycles. The van der Waals surface area contributed by atoms with Crippen molar-refractivity contribution >= 4 is 17.5 Å². The van der Waals surface area contributed by atoms with E-state index in [1.807, 2.05) is 12.1 Å². The molecule has 2 aromatic rings. The quantitative estimate of drug-likeness (QED) is 0.885. The number of halogens is 1. The Hall–Kier alpha value is -1.89. The number of likely N-dealkylation sites (tertiary alicyclic amines) is 1. The lowest BCUT2D eigenvalue weighted by Gasteiger charge is -2.35. The third kappa shape index (κ3) is 4.31. The van der Waals surface area contributed by atoms with Gasteiger partial charge in [0.25, 0.3) is 0 Å². The van der Waals surface area contributed by atoms with E-state index in [1.54, 1.807) is 24.5 Å². The first kappa shape index (κ1) is 16.0. The van der Waals surface area contributed by atoms with E-state index in [1.165, 1.54) is 0 Å². The van der Waals surface area contributed by atoms with E-state index >= 15 is 0 Å². The molecule has 1 saturated heterocycles. The number of nitrogens with two attached hydrogens (primary N) is 1. The molecule has 0 spiro atoms. The van der Waals surface area contributed by atoms with Gasteiger partial charge in [0, 0.05) is 42.6 Å². The Bertz CT molecular complexity index is 636. The fraction of sp³-hybridized carbons (Fsp3) is 0.375. The topological polar surface area (TPSA) is 84.5 Å². The van der Waals surface area contributed by atoms with Crippen molar-refractivity contribution in [1.82, 2.24) is 14.9 Å². The number of β-amino-alcohol motifs (C(OH)–C–C–N with tert-alkyl or cyclic N) is 1. The summed E-state index contributed by atoms with van der Waals surface area (Å²) in [5.74, 6) is 0.989. The number of aliphatic hydroxyl groups is 1. The number of ether oxygens (including phenoxy) is 1. The molecule has 2 atom stereocenters. The summed E-state index contributed by atoms with van der Waals surface area (Å²) >= 11 is 5.86. The molecule has 0 bridgehead atoms. The minimum absolute atomic E-state index is 0.213. The lowest BCUT2D eigenvalue weighted by atomic mass is 10.0. The largest absolute Gasteiger partial charge is 0.488 e. The molecule has 2 heterocycles. The zero-order chi connectivity index (χ0) is 16.2. The van der Waals surface area contributed by atoms with E-state index in [0.717, 1.165) is 24.3 Å². The Balaban J connectivity index is 1.54. The van der Waals surface area contributed by atoms with Crippen LogP contribution in [0.15, 0.2) is 36.7 Å². The average Bonchev–Trinajstić information content (AvgIpc) is 2.54. The molecule has 0 unspecified atom stereocenters. The molecule has 7 heteroatoms. The SMILES string of the molecule is Nc1ncc(CN2CC[C@@H](Oc3ccc(Cl)cc3)[C@H](O)C2)cn1. The average molecular weight is 335 g/mol. The highest BCUT2D eigenvalue weighted by Crippen LogP contribution is 2.22. The van der Waals surface area contributed by atoms with Crippen LogP contribution in [0.3, 0.4) is 0 Å². The van der Waals surface area contributed by atoms with Gasteiger partial charge >= 0.3 is 0 Å². The number of rotatable bonds is 4. The summed E-state index contributed by atoms with van der Waals surface area (Å²) in [5, 5.41) is 11.0. The van der Waals surface area contributed by atoms with Crippen molar-refractivity contribution in [2.24, 2.45) is 0 Å². The Kier molecular flexibility index (Phi) is 4.95. The summed E-state index contributed by atoms with van der Waals surface area (Å²) in [7, 11) is 0. The summed E-state index contributed by atoms with van der Waals surface area (Å²) in [6.07, 6.45) is 3.42. The van der Waals surface area contributed by atoms with E-state index in [2.05, 4.69) is 14.9 Å². The van der Waals surface area contributed by atoms with Crippen LogP contribution in [0.1, 0.15) is 12.0 Å². The lowest BCUT2D eigenvalue weighted by Crippen LogP contribution is -2.48. The molecule has 3 N–H and O–H groups in total. The van der Waals surface area contributed by atoms with E-state index in [9.17, 15) is 5.11 Å². The molecule has 0 radical (unpaired) electrons. The first-order valence-corrected chi connectivity index (χ1v) is 7.87. The van der Waals surface area contributed by atoms with Gasteiger partial charge in [0.15, 0.2) is 0 Å². The first-order chi connectivity index (χ1) is 11.1. The highest BCUT2D eigenvalue weighted by Gasteiger charge is 2.29. The molecule has 23 heavy (non-hydrogen) atoms. The van der Waals surface area contributed by atoms with Crippen molar-refractivity contribution in [3.8, 4) is 5.75 Å². The van der Waals surface area contributed by atoms with Crippen molar-refractivity contribution in [1.29, 1.82) is 0 Å². The van der Waals surface area contributed by atoms with Crippen LogP contribution in [0.4, 0.5) is 5.95 Å². The lowest BCUT2D eigenvalue weighted by molar-refractivity contribution is -0.0275. The van der Waals surface area contributed by atoms with Crippen LogP contribution in [-0.4, -0.2) is 45.3 Å². The van der Waals surface area contributed by atoms with Gasteiger partial charge in [-0.3, -0.25) is 4.90 Å². The molecule has 122 valence electrons. The zero-order valence-corrected chi connectivity index (χ0v) is 13.4. The molecule has 6 nitrogen and oxygen atoms in total.